The largest absolute Gasteiger partial charge is 0.396 e. The van der Waals surface area contributed by atoms with Crippen LogP contribution in [0, 0.1) is 5.92 Å². The number of nitrogens with two attached hydrogens (primary N) is 1. The van der Waals surface area contributed by atoms with Gasteiger partial charge < -0.3 is 16.2 Å². The van der Waals surface area contributed by atoms with E-state index in [1.165, 1.54) is 0 Å². The predicted molar refractivity (Wildman–Crippen MR) is 62.2 cm³/mol. The smallest absolute Gasteiger partial charge is 0.230 e. The molecule has 90 valence electrons. The van der Waals surface area contributed by atoms with Gasteiger partial charge in [0, 0.05) is 5.69 Å². The summed E-state index contributed by atoms with van der Waals surface area (Å²) in [5.74, 6) is -0.971. The van der Waals surface area contributed by atoms with Crippen molar-refractivity contribution in [2.75, 3.05) is 11.9 Å². The van der Waals surface area contributed by atoms with Crippen LogP contribution in [0.3, 0.4) is 0 Å². The van der Waals surface area contributed by atoms with E-state index in [4.69, 9.17) is 10.8 Å². The molecule has 5 nitrogen and oxygen atoms in total. The summed E-state index contributed by atoms with van der Waals surface area (Å²) in [6, 6.07) is 5.43. The maximum atomic E-state index is 11.6. The molecule has 1 heterocycles. The van der Waals surface area contributed by atoms with Crippen molar-refractivity contribution in [2.24, 2.45) is 11.7 Å². The molecule has 1 aliphatic rings. The lowest BCUT2D eigenvalue weighted by atomic mass is 9.92. The van der Waals surface area contributed by atoms with Gasteiger partial charge in [-0.3, -0.25) is 9.59 Å². The molecule has 0 aromatic heterocycles. The van der Waals surface area contributed by atoms with E-state index < -0.39 is 5.91 Å². The molecule has 0 saturated carbocycles. The van der Waals surface area contributed by atoms with Gasteiger partial charge in [0.1, 0.15) is 0 Å². The van der Waals surface area contributed by atoms with E-state index in [0.29, 0.717) is 12.1 Å². The normalized spacial score (nSPS) is 18.4. The number of aliphatic hydroxyl groups excluding tert-OH is 1. The van der Waals surface area contributed by atoms with Crippen molar-refractivity contribution in [2.45, 2.75) is 12.8 Å². The lowest BCUT2D eigenvalue weighted by molar-refractivity contribution is -0.121. The number of hydrogen-bond donors (Lipinski definition) is 3. The summed E-state index contributed by atoms with van der Waals surface area (Å²) in [6.07, 6.45) is 0.682. The molecule has 0 fully saturated rings. The Hall–Kier alpha value is -1.88. The van der Waals surface area contributed by atoms with Gasteiger partial charge in [-0.15, -0.1) is 0 Å². The van der Waals surface area contributed by atoms with Crippen LogP contribution in [0.25, 0.3) is 0 Å². The molecular weight excluding hydrogens is 220 g/mol. The number of nitrogens with one attached hydrogen (secondary N) is 1. The molecule has 0 bridgehead atoms. The molecule has 0 saturated heterocycles. The molecule has 0 radical (unpaired) electrons. The highest BCUT2D eigenvalue weighted by Crippen LogP contribution is 2.26. The van der Waals surface area contributed by atoms with E-state index >= 15 is 0 Å². The van der Waals surface area contributed by atoms with Crippen LogP contribution in [0.4, 0.5) is 5.69 Å². The van der Waals surface area contributed by atoms with Crippen LogP contribution in [0.1, 0.15) is 11.1 Å². The SMILES string of the molecule is NC(=O)Cc1ccc2c(c1)NC(=O)C(CO)C2. The maximum absolute atomic E-state index is 11.6. The minimum absolute atomic E-state index is 0.158. The Balaban J connectivity index is 2.26. The first-order valence-electron chi connectivity index (χ1n) is 5.42. The van der Waals surface area contributed by atoms with Crippen molar-refractivity contribution in [1.82, 2.24) is 0 Å². The van der Waals surface area contributed by atoms with Gasteiger partial charge in [-0.05, 0) is 23.6 Å². The minimum atomic E-state index is -0.402. The van der Waals surface area contributed by atoms with Crippen LogP contribution in [-0.2, 0) is 22.4 Å². The molecule has 17 heavy (non-hydrogen) atoms. The average molecular weight is 234 g/mol. The quantitative estimate of drug-likeness (QED) is 0.677. The van der Waals surface area contributed by atoms with Gasteiger partial charge in [-0.1, -0.05) is 12.1 Å². The number of primary amides is 1. The first kappa shape index (κ1) is 11.6. The number of rotatable bonds is 3. The monoisotopic (exact) mass is 234 g/mol. The summed E-state index contributed by atoms with van der Waals surface area (Å²) in [5, 5.41) is 11.8. The standard InChI is InChI=1S/C12H14N2O3/c13-11(16)4-7-1-2-8-5-9(6-15)12(17)14-10(8)3-7/h1-3,9,15H,4-6H2,(H2,13,16)(H,14,17). The Morgan fingerprint density at radius 3 is 2.94 bits per heavy atom. The minimum Gasteiger partial charge on any atom is -0.396 e. The Labute approximate surface area is 98.6 Å². The number of carbonyl (C=O) groups excluding carboxylic acids is 2. The second-order valence-corrected chi connectivity index (χ2v) is 4.21. The number of fused-ring (bicyclic) bond motifs is 1. The lowest BCUT2D eigenvalue weighted by Gasteiger charge is -2.23. The summed E-state index contributed by atoms with van der Waals surface area (Å²) in [5.41, 5.74) is 7.57. The van der Waals surface area contributed by atoms with Crippen molar-refractivity contribution in [3.8, 4) is 0 Å². The number of aliphatic hydroxyl groups is 1. The highest BCUT2D eigenvalue weighted by molar-refractivity contribution is 5.96. The molecule has 1 aromatic rings. The number of amides is 2. The number of benzene rings is 1. The molecule has 5 heteroatoms. The molecule has 1 atom stereocenters. The maximum Gasteiger partial charge on any atom is 0.230 e. The van der Waals surface area contributed by atoms with Gasteiger partial charge in [-0.2, -0.15) is 0 Å². The summed E-state index contributed by atoms with van der Waals surface area (Å²) in [7, 11) is 0. The summed E-state index contributed by atoms with van der Waals surface area (Å²) in [6.45, 7) is -0.158. The van der Waals surface area contributed by atoms with Gasteiger partial charge in [-0.25, -0.2) is 0 Å². The van der Waals surface area contributed by atoms with E-state index in [0.717, 1.165) is 11.1 Å². The van der Waals surface area contributed by atoms with Crippen molar-refractivity contribution in [1.29, 1.82) is 0 Å². The zero-order chi connectivity index (χ0) is 12.4. The first-order valence-corrected chi connectivity index (χ1v) is 5.42. The van der Waals surface area contributed by atoms with E-state index in [1.807, 2.05) is 12.1 Å². The van der Waals surface area contributed by atoms with Gasteiger partial charge in [0.15, 0.2) is 0 Å². The first-order chi connectivity index (χ1) is 8.10. The fourth-order valence-corrected chi connectivity index (χ4v) is 1.97. The third-order valence-electron chi connectivity index (χ3n) is 2.87. The van der Waals surface area contributed by atoms with Crippen LogP contribution in [0.5, 0.6) is 0 Å². The van der Waals surface area contributed by atoms with Crippen molar-refractivity contribution < 1.29 is 14.7 Å². The third kappa shape index (κ3) is 2.45. The molecule has 2 rings (SSSR count). The molecule has 1 aromatic carbocycles. The van der Waals surface area contributed by atoms with E-state index in [9.17, 15) is 9.59 Å². The average Bonchev–Trinajstić information content (AvgIpc) is 2.27. The molecule has 0 aliphatic carbocycles. The number of carbonyl (C=O) groups is 2. The highest BCUT2D eigenvalue weighted by atomic mass is 16.3. The zero-order valence-corrected chi connectivity index (χ0v) is 9.27. The Bertz CT molecular complexity index is 471. The van der Waals surface area contributed by atoms with Crippen LogP contribution in [-0.4, -0.2) is 23.5 Å². The molecule has 4 N–H and O–H groups in total. The van der Waals surface area contributed by atoms with Gasteiger partial charge in [0.2, 0.25) is 11.8 Å². The van der Waals surface area contributed by atoms with Crippen molar-refractivity contribution in [3.05, 3.63) is 29.3 Å². The summed E-state index contributed by atoms with van der Waals surface area (Å²) in [4.78, 5) is 22.4. The van der Waals surface area contributed by atoms with Gasteiger partial charge in [0.05, 0.1) is 18.9 Å². The number of anilines is 1. The Kier molecular flexibility index (Phi) is 3.10. The van der Waals surface area contributed by atoms with Crippen LogP contribution in [0.15, 0.2) is 18.2 Å². The van der Waals surface area contributed by atoms with Crippen LogP contribution in [0.2, 0.25) is 0 Å². The van der Waals surface area contributed by atoms with Crippen LogP contribution < -0.4 is 11.1 Å². The molecular formula is C12H14N2O3. The molecule has 1 unspecified atom stereocenters. The fraction of sp³-hybridized carbons (Fsp3) is 0.333. The molecule has 2 amide bonds. The summed E-state index contributed by atoms with van der Waals surface area (Å²) >= 11 is 0. The Morgan fingerprint density at radius 2 is 2.29 bits per heavy atom. The second kappa shape index (κ2) is 4.55. The zero-order valence-electron chi connectivity index (χ0n) is 9.27. The van der Waals surface area contributed by atoms with E-state index in [2.05, 4.69) is 5.32 Å². The Morgan fingerprint density at radius 1 is 1.53 bits per heavy atom. The predicted octanol–water partition coefficient (Wildman–Crippen LogP) is -0.183. The third-order valence-corrected chi connectivity index (χ3v) is 2.87. The lowest BCUT2D eigenvalue weighted by Crippen LogP contribution is -2.32. The van der Waals surface area contributed by atoms with Crippen LogP contribution >= 0.6 is 0 Å². The molecule has 0 spiro atoms. The van der Waals surface area contributed by atoms with Crippen molar-refractivity contribution in [3.63, 3.8) is 0 Å². The molecule has 1 aliphatic heterocycles. The fourth-order valence-electron chi connectivity index (χ4n) is 1.97. The van der Waals surface area contributed by atoms with E-state index in [1.54, 1.807) is 6.07 Å². The highest BCUT2D eigenvalue weighted by Gasteiger charge is 2.25. The summed E-state index contributed by atoms with van der Waals surface area (Å²) < 4.78 is 0. The second-order valence-electron chi connectivity index (χ2n) is 4.21. The van der Waals surface area contributed by atoms with Gasteiger partial charge >= 0.3 is 0 Å². The van der Waals surface area contributed by atoms with E-state index in [-0.39, 0.29) is 24.9 Å². The number of hydrogen-bond acceptors (Lipinski definition) is 3. The van der Waals surface area contributed by atoms with Gasteiger partial charge in [0.25, 0.3) is 0 Å². The topological polar surface area (TPSA) is 92.4 Å². The van der Waals surface area contributed by atoms with Crippen molar-refractivity contribution >= 4 is 17.5 Å².